The van der Waals surface area contributed by atoms with Crippen LogP contribution in [0.25, 0.3) is 0 Å². The minimum absolute atomic E-state index is 0.0874. The molecule has 1 aliphatic heterocycles. The Labute approximate surface area is 148 Å². The summed E-state index contributed by atoms with van der Waals surface area (Å²) in [5.41, 5.74) is 2.48. The molecule has 132 valence electrons. The lowest BCUT2D eigenvalue weighted by Crippen LogP contribution is -2.29. The molecule has 25 heavy (non-hydrogen) atoms. The molecule has 2 aliphatic rings. The Morgan fingerprint density at radius 2 is 1.84 bits per heavy atom. The molecule has 1 aromatic rings. The quantitative estimate of drug-likeness (QED) is 0.877. The summed E-state index contributed by atoms with van der Waals surface area (Å²) in [4.78, 5) is 11.1. The Balaban J connectivity index is 1.93. The Bertz CT molecular complexity index is 717. The third-order valence-electron chi connectivity index (χ3n) is 4.71. The van der Waals surface area contributed by atoms with Crippen molar-refractivity contribution in [3.05, 3.63) is 71.3 Å². The van der Waals surface area contributed by atoms with Crippen LogP contribution in [0.3, 0.4) is 0 Å². The minimum atomic E-state index is -0.877. The van der Waals surface area contributed by atoms with Gasteiger partial charge in [0.1, 0.15) is 0 Å². The van der Waals surface area contributed by atoms with Gasteiger partial charge in [-0.1, -0.05) is 68.5 Å². The zero-order valence-electron chi connectivity index (χ0n) is 14.7. The van der Waals surface area contributed by atoms with E-state index in [0.29, 0.717) is 13.2 Å². The summed E-state index contributed by atoms with van der Waals surface area (Å²) in [5, 5.41) is 9.11. The Morgan fingerprint density at radius 3 is 2.48 bits per heavy atom. The van der Waals surface area contributed by atoms with Gasteiger partial charge in [-0.15, -0.1) is 0 Å². The van der Waals surface area contributed by atoms with Crippen molar-refractivity contribution in [2.75, 3.05) is 13.2 Å². The van der Waals surface area contributed by atoms with Gasteiger partial charge in [-0.25, -0.2) is 0 Å². The summed E-state index contributed by atoms with van der Waals surface area (Å²) < 4.78 is 12.1. The molecule has 4 heteroatoms. The maximum absolute atomic E-state index is 11.1. The highest BCUT2D eigenvalue weighted by atomic mass is 16.7. The molecule has 1 N–H and O–H groups in total. The van der Waals surface area contributed by atoms with Gasteiger partial charge in [-0.05, 0) is 12.0 Å². The van der Waals surface area contributed by atoms with E-state index in [-0.39, 0.29) is 6.42 Å². The second-order valence-electron chi connectivity index (χ2n) is 7.03. The highest BCUT2D eigenvalue weighted by molar-refractivity contribution is 5.68. The molecule has 0 unspecified atom stereocenters. The lowest BCUT2D eigenvalue weighted by atomic mass is 9.80. The van der Waals surface area contributed by atoms with E-state index in [1.807, 2.05) is 56.3 Å². The van der Waals surface area contributed by atoms with Gasteiger partial charge in [0.2, 0.25) is 5.79 Å². The van der Waals surface area contributed by atoms with E-state index in [2.05, 4.69) is 12.2 Å². The SMILES string of the molecule is CC(C)(CC(=O)O)c1ccc(C2(C3=CCC=CC=C3)OCCO2)cc1. The maximum atomic E-state index is 11.1. The molecule has 0 bridgehead atoms. The molecule has 0 radical (unpaired) electrons. The van der Waals surface area contributed by atoms with Crippen LogP contribution in [-0.2, 0) is 25.5 Å². The molecular weight excluding hydrogens is 316 g/mol. The number of hydrogen-bond donors (Lipinski definition) is 1. The predicted octanol–water partition coefficient (Wildman–Crippen LogP) is 4.08. The third kappa shape index (κ3) is 3.60. The highest BCUT2D eigenvalue weighted by Crippen LogP contribution is 2.40. The van der Waals surface area contributed by atoms with E-state index in [0.717, 1.165) is 23.1 Å². The van der Waals surface area contributed by atoms with Crippen LogP contribution < -0.4 is 0 Å². The summed E-state index contributed by atoms with van der Waals surface area (Å²) in [7, 11) is 0. The largest absolute Gasteiger partial charge is 0.481 e. The number of rotatable bonds is 5. The molecule has 0 atom stereocenters. The zero-order chi connectivity index (χ0) is 17.9. The molecule has 1 heterocycles. The molecule has 1 aromatic carbocycles. The van der Waals surface area contributed by atoms with Gasteiger partial charge >= 0.3 is 5.97 Å². The molecule has 1 aliphatic carbocycles. The van der Waals surface area contributed by atoms with Crippen molar-refractivity contribution in [3.63, 3.8) is 0 Å². The van der Waals surface area contributed by atoms with Crippen LogP contribution in [0.15, 0.2) is 60.2 Å². The van der Waals surface area contributed by atoms with Crippen LogP contribution in [0, 0.1) is 0 Å². The van der Waals surface area contributed by atoms with Crippen molar-refractivity contribution < 1.29 is 19.4 Å². The highest BCUT2D eigenvalue weighted by Gasteiger charge is 2.41. The lowest BCUT2D eigenvalue weighted by Gasteiger charge is -2.30. The topological polar surface area (TPSA) is 55.8 Å². The number of ether oxygens (including phenoxy) is 2. The van der Waals surface area contributed by atoms with Crippen molar-refractivity contribution in [1.29, 1.82) is 0 Å². The summed E-state index contributed by atoms with van der Waals surface area (Å²) in [6.45, 7) is 4.98. The van der Waals surface area contributed by atoms with E-state index < -0.39 is 17.2 Å². The number of hydrogen-bond acceptors (Lipinski definition) is 3. The number of aliphatic carboxylic acids is 1. The fourth-order valence-electron chi connectivity index (χ4n) is 3.36. The van der Waals surface area contributed by atoms with Gasteiger partial charge in [-0.3, -0.25) is 4.79 Å². The Kier molecular flexibility index (Phi) is 4.93. The van der Waals surface area contributed by atoms with Crippen LogP contribution in [-0.4, -0.2) is 24.3 Å². The summed E-state index contributed by atoms with van der Waals surface area (Å²) in [5.74, 6) is -1.67. The minimum Gasteiger partial charge on any atom is -0.481 e. The maximum Gasteiger partial charge on any atom is 0.304 e. The van der Waals surface area contributed by atoms with Crippen LogP contribution in [0.1, 0.15) is 37.8 Å². The first-order chi connectivity index (χ1) is 11.9. The molecule has 3 rings (SSSR count). The predicted molar refractivity (Wildman–Crippen MR) is 96.3 cm³/mol. The van der Waals surface area contributed by atoms with Crippen LogP contribution in [0.2, 0.25) is 0 Å². The van der Waals surface area contributed by atoms with E-state index in [1.54, 1.807) is 0 Å². The number of benzene rings is 1. The molecule has 0 amide bonds. The standard InChI is InChI=1S/C21H24O4/c1-20(2,15-19(22)23)16-9-11-18(12-10-16)21(24-13-14-25-21)17-7-5-3-4-6-8-17/h3-5,7-12H,6,13-15H2,1-2H3,(H,22,23). The smallest absolute Gasteiger partial charge is 0.304 e. The van der Waals surface area contributed by atoms with Crippen molar-refractivity contribution in [2.45, 2.75) is 37.9 Å². The average Bonchev–Trinajstić information content (AvgIpc) is 2.90. The summed E-state index contributed by atoms with van der Waals surface area (Å²) >= 11 is 0. The van der Waals surface area contributed by atoms with Crippen LogP contribution in [0.5, 0.6) is 0 Å². The van der Waals surface area contributed by atoms with Gasteiger partial charge in [0.25, 0.3) is 0 Å². The van der Waals surface area contributed by atoms with Crippen molar-refractivity contribution in [1.82, 2.24) is 0 Å². The fourth-order valence-corrected chi connectivity index (χ4v) is 3.36. The summed E-state index contributed by atoms with van der Waals surface area (Å²) in [6, 6.07) is 7.92. The number of allylic oxidation sites excluding steroid dienone is 4. The van der Waals surface area contributed by atoms with Crippen molar-refractivity contribution in [3.8, 4) is 0 Å². The van der Waals surface area contributed by atoms with Gasteiger partial charge in [0, 0.05) is 16.6 Å². The van der Waals surface area contributed by atoms with Gasteiger partial charge in [-0.2, -0.15) is 0 Å². The molecule has 0 saturated carbocycles. The monoisotopic (exact) mass is 340 g/mol. The summed E-state index contributed by atoms with van der Waals surface area (Å²) in [6.07, 6.45) is 11.2. The zero-order valence-corrected chi connectivity index (χ0v) is 14.7. The fraction of sp³-hybridized carbons (Fsp3) is 0.381. The first-order valence-corrected chi connectivity index (χ1v) is 8.59. The third-order valence-corrected chi connectivity index (χ3v) is 4.71. The van der Waals surface area contributed by atoms with Gasteiger partial charge < -0.3 is 14.6 Å². The lowest BCUT2D eigenvalue weighted by molar-refractivity contribution is -0.138. The van der Waals surface area contributed by atoms with E-state index in [9.17, 15) is 4.79 Å². The molecule has 1 fully saturated rings. The number of carboxylic acid groups (broad SMARTS) is 1. The van der Waals surface area contributed by atoms with Gasteiger partial charge in [0.15, 0.2) is 0 Å². The number of carbonyl (C=O) groups is 1. The van der Waals surface area contributed by atoms with Crippen molar-refractivity contribution >= 4 is 5.97 Å². The van der Waals surface area contributed by atoms with E-state index in [4.69, 9.17) is 14.6 Å². The van der Waals surface area contributed by atoms with E-state index in [1.165, 1.54) is 0 Å². The molecule has 4 nitrogen and oxygen atoms in total. The number of carboxylic acids is 1. The Morgan fingerprint density at radius 1 is 1.16 bits per heavy atom. The van der Waals surface area contributed by atoms with Crippen LogP contribution >= 0.6 is 0 Å². The first kappa shape index (κ1) is 17.6. The normalized spacial score (nSPS) is 19.5. The second-order valence-corrected chi connectivity index (χ2v) is 7.03. The second kappa shape index (κ2) is 6.98. The Hall–Kier alpha value is -2.17. The van der Waals surface area contributed by atoms with Gasteiger partial charge in [0.05, 0.1) is 19.6 Å². The molecule has 0 aromatic heterocycles. The average molecular weight is 340 g/mol. The first-order valence-electron chi connectivity index (χ1n) is 8.59. The molecule has 1 saturated heterocycles. The van der Waals surface area contributed by atoms with Crippen LogP contribution in [0.4, 0.5) is 0 Å². The van der Waals surface area contributed by atoms with Crippen molar-refractivity contribution in [2.24, 2.45) is 0 Å². The van der Waals surface area contributed by atoms with E-state index >= 15 is 0 Å². The molecular formula is C21H24O4. The molecule has 0 spiro atoms.